The zero-order valence-electron chi connectivity index (χ0n) is 9.16. The highest BCUT2D eigenvalue weighted by molar-refractivity contribution is 6.32. The van der Waals surface area contributed by atoms with Crippen molar-refractivity contribution in [1.82, 2.24) is 0 Å². The molecule has 0 aliphatic carbocycles. The maximum Gasteiger partial charge on any atom is 0.164 e. The van der Waals surface area contributed by atoms with Gasteiger partial charge >= 0.3 is 0 Å². The lowest BCUT2D eigenvalue weighted by molar-refractivity contribution is 0.0973. The lowest BCUT2D eigenvalue weighted by Gasteiger charge is -2.06. The number of nitrogens with zero attached hydrogens (tertiary/aromatic N) is 1. The second-order valence-corrected chi connectivity index (χ2v) is 3.91. The molecule has 0 spiro atoms. The number of halogens is 1. The van der Waals surface area contributed by atoms with E-state index in [-0.39, 0.29) is 18.1 Å². The molecule has 1 atom stereocenters. The van der Waals surface area contributed by atoms with E-state index >= 15 is 0 Å². The van der Waals surface area contributed by atoms with Crippen LogP contribution < -0.4 is 4.74 Å². The van der Waals surface area contributed by atoms with Crippen LogP contribution in [0.3, 0.4) is 0 Å². The molecule has 0 heterocycles. The maximum atomic E-state index is 11.7. The van der Waals surface area contributed by atoms with Crippen LogP contribution >= 0.6 is 11.6 Å². The third-order valence-electron chi connectivity index (χ3n) is 2.19. The summed E-state index contributed by atoms with van der Waals surface area (Å²) >= 11 is 5.90. The number of Topliss-reactive ketones (excluding diaryl/α,β-unsaturated/α-hetero) is 1. The first kappa shape index (κ1) is 12.5. The molecule has 0 amide bonds. The molecule has 0 fully saturated rings. The van der Waals surface area contributed by atoms with E-state index in [0.717, 1.165) is 0 Å². The maximum absolute atomic E-state index is 11.7. The Morgan fingerprint density at radius 2 is 2.31 bits per heavy atom. The molecular formula is C12H12ClNO2. The molecule has 4 heteroatoms. The first-order valence-corrected chi connectivity index (χ1v) is 5.22. The molecule has 0 N–H and O–H groups in total. The monoisotopic (exact) mass is 237 g/mol. The van der Waals surface area contributed by atoms with Crippen molar-refractivity contribution in [2.45, 2.75) is 13.3 Å². The number of carbonyl (C=O) groups is 1. The summed E-state index contributed by atoms with van der Waals surface area (Å²) in [5.74, 6) is 0.165. The number of methoxy groups -OCH3 is 1. The fraction of sp³-hybridized carbons (Fsp3) is 0.333. The lowest BCUT2D eigenvalue weighted by Crippen LogP contribution is -2.04. The molecule has 0 saturated carbocycles. The second-order valence-electron chi connectivity index (χ2n) is 3.51. The highest BCUT2D eigenvalue weighted by Gasteiger charge is 2.12. The molecule has 1 rings (SSSR count). The summed E-state index contributed by atoms with van der Waals surface area (Å²) in [6.07, 6.45) is 0.207. The average molecular weight is 238 g/mol. The molecule has 1 aromatic rings. The van der Waals surface area contributed by atoms with Crippen LogP contribution in [0.5, 0.6) is 5.75 Å². The van der Waals surface area contributed by atoms with Gasteiger partial charge < -0.3 is 4.74 Å². The molecule has 0 aliphatic heterocycles. The number of nitriles is 1. The predicted molar refractivity (Wildman–Crippen MR) is 61.7 cm³/mol. The van der Waals surface area contributed by atoms with Crippen LogP contribution in [-0.4, -0.2) is 12.9 Å². The Morgan fingerprint density at radius 1 is 1.62 bits per heavy atom. The van der Waals surface area contributed by atoms with Crippen LogP contribution in [-0.2, 0) is 0 Å². The summed E-state index contributed by atoms with van der Waals surface area (Å²) in [4.78, 5) is 11.7. The van der Waals surface area contributed by atoms with Gasteiger partial charge in [0.2, 0.25) is 0 Å². The van der Waals surface area contributed by atoms with E-state index in [1.54, 1.807) is 25.1 Å². The number of ketones is 1. The number of ether oxygens (including phenoxy) is 1. The highest BCUT2D eigenvalue weighted by atomic mass is 35.5. The van der Waals surface area contributed by atoms with Crippen molar-refractivity contribution in [3.05, 3.63) is 28.8 Å². The van der Waals surface area contributed by atoms with Gasteiger partial charge in [-0.1, -0.05) is 11.6 Å². The first-order valence-electron chi connectivity index (χ1n) is 4.84. The van der Waals surface area contributed by atoms with Crippen LogP contribution in [0.15, 0.2) is 18.2 Å². The zero-order valence-corrected chi connectivity index (χ0v) is 9.91. The minimum atomic E-state index is -0.284. The number of carbonyl (C=O) groups excluding carboxylic acids is 1. The number of hydrogen-bond donors (Lipinski definition) is 0. The minimum Gasteiger partial charge on any atom is -0.495 e. The van der Waals surface area contributed by atoms with E-state index in [1.807, 2.05) is 6.07 Å². The largest absolute Gasteiger partial charge is 0.495 e. The van der Waals surface area contributed by atoms with E-state index in [1.165, 1.54) is 7.11 Å². The summed E-state index contributed by atoms with van der Waals surface area (Å²) in [5, 5.41) is 9.02. The van der Waals surface area contributed by atoms with Gasteiger partial charge in [0.15, 0.2) is 5.78 Å². The smallest absolute Gasteiger partial charge is 0.164 e. The van der Waals surface area contributed by atoms with Crippen molar-refractivity contribution >= 4 is 17.4 Å². The van der Waals surface area contributed by atoms with Crippen LogP contribution in [0.25, 0.3) is 0 Å². The molecule has 0 aromatic heterocycles. The summed E-state index contributed by atoms with van der Waals surface area (Å²) in [6.45, 7) is 1.71. The van der Waals surface area contributed by atoms with Gasteiger partial charge in [-0.2, -0.15) is 5.26 Å². The van der Waals surface area contributed by atoms with Gasteiger partial charge in [-0.3, -0.25) is 4.79 Å². The molecule has 0 aliphatic rings. The van der Waals surface area contributed by atoms with E-state index in [2.05, 4.69) is 0 Å². The SMILES string of the molecule is COc1ccc(C(=O)CC(C)C#N)cc1Cl. The molecule has 84 valence electrons. The Balaban J connectivity index is 2.86. The molecule has 1 aromatic carbocycles. The number of benzene rings is 1. The zero-order chi connectivity index (χ0) is 12.1. The van der Waals surface area contributed by atoms with Crippen LogP contribution in [0.2, 0.25) is 5.02 Å². The van der Waals surface area contributed by atoms with Crippen molar-refractivity contribution in [3.8, 4) is 11.8 Å². The average Bonchev–Trinajstić information content (AvgIpc) is 2.28. The van der Waals surface area contributed by atoms with Gasteiger partial charge in [0.25, 0.3) is 0 Å². The van der Waals surface area contributed by atoms with E-state index in [9.17, 15) is 4.79 Å². The fourth-order valence-electron chi connectivity index (χ4n) is 1.28. The van der Waals surface area contributed by atoms with Crippen molar-refractivity contribution in [1.29, 1.82) is 5.26 Å². The molecular weight excluding hydrogens is 226 g/mol. The van der Waals surface area contributed by atoms with Gasteiger partial charge in [-0.15, -0.1) is 0 Å². The molecule has 0 radical (unpaired) electrons. The van der Waals surface area contributed by atoms with Crippen molar-refractivity contribution < 1.29 is 9.53 Å². The van der Waals surface area contributed by atoms with Crippen molar-refractivity contribution in [3.63, 3.8) is 0 Å². The standard InChI is InChI=1S/C12H12ClNO2/c1-8(7-14)5-11(15)9-3-4-12(16-2)10(13)6-9/h3-4,6,8H,5H2,1-2H3. The van der Waals surface area contributed by atoms with Crippen LogP contribution in [0, 0.1) is 17.2 Å². The molecule has 3 nitrogen and oxygen atoms in total. The van der Waals surface area contributed by atoms with Crippen LogP contribution in [0.4, 0.5) is 0 Å². The fourth-order valence-corrected chi connectivity index (χ4v) is 1.54. The quantitative estimate of drug-likeness (QED) is 0.756. The topological polar surface area (TPSA) is 50.1 Å². The number of rotatable bonds is 4. The highest BCUT2D eigenvalue weighted by Crippen LogP contribution is 2.25. The Morgan fingerprint density at radius 3 is 2.81 bits per heavy atom. The Bertz CT molecular complexity index is 437. The third kappa shape index (κ3) is 2.98. The van der Waals surface area contributed by atoms with Crippen molar-refractivity contribution in [2.75, 3.05) is 7.11 Å². The van der Waals surface area contributed by atoms with Gasteiger partial charge in [-0.25, -0.2) is 0 Å². The molecule has 0 saturated heterocycles. The number of hydrogen-bond acceptors (Lipinski definition) is 3. The van der Waals surface area contributed by atoms with E-state index < -0.39 is 0 Å². The first-order chi connectivity index (χ1) is 7.58. The second kappa shape index (κ2) is 5.53. The molecule has 1 unspecified atom stereocenters. The van der Waals surface area contributed by atoms with Gasteiger partial charge in [0, 0.05) is 12.0 Å². The summed E-state index contributed by atoms with van der Waals surface area (Å²) < 4.78 is 4.99. The van der Waals surface area contributed by atoms with Gasteiger partial charge in [-0.05, 0) is 25.1 Å². The predicted octanol–water partition coefficient (Wildman–Crippen LogP) is 3.08. The normalized spacial score (nSPS) is 11.6. The van der Waals surface area contributed by atoms with Gasteiger partial charge in [0.1, 0.15) is 5.75 Å². The lowest BCUT2D eigenvalue weighted by atomic mass is 10.0. The Kier molecular flexibility index (Phi) is 4.33. The van der Waals surface area contributed by atoms with Gasteiger partial charge in [0.05, 0.1) is 24.1 Å². The Hall–Kier alpha value is -1.53. The van der Waals surface area contributed by atoms with E-state index in [0.29, 0.717) is 16.3 Å². The van der Waals surface area contributed by atoms with Crippen LogP contribution in [0.1, 0.15) is 23.7 Å². The molecule has 0 bridgehead atoms. The molecule has 16 heavy (non-hydrogen) atoms. The Labute approximate surface area is 99.6 Å². The van der Waals surface area contributed by atoms with E-state index in [4.69, 9.17) is 21.6 Å². The summed E-state index contributed by atoms with van der Waals surface area (Å²) in [7, 11) is 1.51. The summed E-state index contributed by atoms with van der Waals surface area (Å²) in [6, 6.07) is 6.88. The third-order valence-corrected chi connectivity index (χ3v) is 2.48. The van der Waals surface area contributed by atoms with Crippen molar-refractivity contribution in [2.24, 2.45) is 5.92 Å². The summed E-state index contributed by atoms with van der Waals surface area (Å²) in [5.41, 5.74) is 0.507. The minimum absolute atomic E-state index is 0.0846.